The fourth-order valence-electron chi connectivity index (χ4n) is 1.24. The van der Waals surface area contributed by atoms with Crippen molar-refractivity contribution in [2.45, 2.75) is 32.1 Å². The maximum absolute atomic E-state index is 2.25. The Hall–Kier alpha value is -0.780. The van der Waals surface area contributed by atoms with Crippen LogP contribution >= 0.6 is 0 Å². The number of allylic oxidation sites excluding steroid dienone is 6. The topological polar surface area (TPSA) is 0 Å². The summed E-state index contributed by atoms with van der Waals surface area (Å²) in [6.07, 6.45) is 21.5. The van der Waals surface area contributed by atoms with E-state index in [1.165, 1.54) is 32.1 Å². The fourth-order valence-corrected chi connectivity index (χ4v) is 1.24. The molecule has 0 spiro atoms. The van der Waals surface area contributed by atoms with Crippen molar-refractivity contribution in [3.63, 3.8) is 0 Å². The number of rotatable bonds is 0. The summed E-state index contributed by atoms with van der Waals surface area (Å²) in [4.78, 5) is 0. The second-order valence-electron chi connectivity index (χ2n) is 3.07. The highest BCUT2D eigenvalue weighted by atomic mass is 13.9. The fraction of sp³-hybridized carbons (Fsp3) is 0.417. The van der Waals surface area contributed by atoms with Gasteiger partial charge in [-0.1, -0.05) is 42.9 Å². The van der Waals surface area contributed by atoms with E-state index in [4.69, 9.17) is 0 Å². The summed E-state index contributed by atoms with van der Waals surface area (Å²) >= 11 is 0. The van der Waals surface area contributed by atoms with Crippen LogP contribution in [0.3, 0.4) is 0 Å². The lowest BCUT2D eigenvalue weighted by Gasteiger charge is -1.95. The zero-order chi connectivity index (χ0) is 8.49. The molecule has 1 radical (unpaired) electrons. The van der Waals surface area contributed by atoms with Gasteiger partial charge in [-0.3, -0.25) is 0 Å². The summed E-state index contributed by atoms with van der Waals surface area (Å²) in [5.41, 5.74) is 0. The Labute approximate surface area is 75.7 Å². The van der Waals surface area contributed by atoms with E-state index in [1.54, 1.807) is 0 Å². The molecule has 0 aromatic rings. The van der Waals surface area contributed by atoms with E-state index in [0.29, 0.717) is 0 Å². The Morgan fingerprint density at radius 1 is 0.583 bits per heavy atom. The van der Waals surface area contributed by atoms with Gasteiger partial charge in [0.25, 0.3) is 0 Å². The van der Waals surface area contributed by atoms with Gasteiger partial charge >= 0.3 is 0 Å². The van der Waals surface area contributed by atoms with Gasteiger partial charge in [-0.15, -0.1) is 0 Å². The first kappa shape index (κ1) is 9.31. The van der Waals surface area contributed by atoms with Crippen molar-refractivity contribution in [3.8, 4) is 0 Å². The first-order valence-corrected chi connectivity index (χ1v) is 4.82. The zero-order valence-electron chi connectivity index (χ0n) is 7.58. The van der Waals surface area contributed by atoms with E-state index in [-0.39, 0.29) is 0 Å². The van der Waals surface area contributed by atoms with Crippen LogP contribution in [0.4, 0.5) is 0 Å². The molecule has 0 heterocycles. The van der Waals surface area contributed by atoms with Crippen molar-refractivity contribution in [1.29, 1.82) is 0 Å². The molecule has 1 aliphatic rings. The van der Waals surface area contributed by atoms with E-state index >= 15 is 0 Å². The molecule has 0 aromatic heterocycles. The SMILES string of the molecule is [CH]1/C=C\CCCCC/C=C\C=C\1. The van der Waals surface area contributed by atoms with E-state index in [0.717, 1.165) is 0 Å². The lowest BCUT2D eigenvalue weighted by Crippen LogP contribution is -1.75. The Kier molecular flexibility index (Phi) is 5.35. The highest BCUT2D eigenvalue weighted by Gasteiger charge is 1.85. The lowest BCUT2D eigenvalue weighted by atomic mass is 10.1. The third-order valence-electron chi connectivity index (χ3n) is 1.96. The Balaban J connectivity index is 2.31. The predicted octanol–water partition coefficient (Wildman–Crippen LogP) is 3.82. The van der Waals surface area contributed by atoms with E-state index < -0.39 is 0 Å². The molecule has 0 saturated heterocycles. The summed E-state index contributed by atoms with van der Waals surface area (Å²) in [6.45, 7) is 0. The van der Waals surface area contributed by atoms with Gasteiger partial charge in [-0.05, 0) is 25.7 Å². The van der Waals surface area contributed by atoms with Crippen LogP contribution in [0.15, 0.2) is 36.5 Å². The summed E-state index contributed by atoms with van der Waals surface area (Å²) in [6, 6.07) is 0. The summed E-state index contributed by atoms with van der Waals surface area (Å²) < 4.78 is 0. The van der Waals surface area contributed by atoms with Crippen molar-refractivity contribution >= 4 is 0 Å². The average Bonchev–Trinajstić information content (AvgIpc) is 2.05. The van der Waals surface area contributed by atoms with Crippen molar-refractivity contribution < 1.29 is 0 Å². The summed E-state index contributed by atoms with van der Waals surface area (Å²) in [5.74, 6) is 0. The maximum Gasteiger partial charge on any atom is 0.00473 e. The van der Waals surface area contributed by atoms with E-state index in [1.807, 2.05) is 0 Å². The zero-order valence-corrected chi connectivity index (χ0v) is 7.58. The van der Waals surface area contributed by atoms with Crippen molar-refractivity contribution in [1.82, 2.24) is 0 Å². The Morgan fingerprint density at radius 3 is 2.17 bits per heavy atom. The molecule has 0 unspecified atom stereocenters. The highest BCUT2D eigenvalue weighted by Crippen LogP contribution is 2.05. The maximum atomic E-state index is 2.25. The van der Waals surface area contributed by atoms with Crippen molar-refractivity contribution in [2.75, 3.05) is 0 Å². The van der Waals surface area contributed by atoms with E-state index in [2.05, 4.69) is 42.9 Å². The van der Waals surface area contributed by atoms with Gasteiger partial charge in [-0.2, -0.15) is 0 Å². The molecule has 0 aromatic carbocycles. The largest absolute Gasteiger partial charge is 0.0879 e. The van der Waals surface area contributed by atoms with Crippen molar-refractivity contribution in [3.05, 3.63) is 42.9 Å². The van der Waals surface area contributed by atoms with Gasteiger partial charge in [0.05, 0.1) is 0 Å². The molecule has 0 atom stereocenters. The highest BCUT2D eigenvalue weighted by molar-refractivity contribution is 5.14. The number of hydrogen-bond acceptors (Lipinski definition) is 0. The normalized spacial score (nSPS) is 28.0. The molecule has 1 aliphatic carbocycles. The molecule has 1 rings (SSSR count). The molecular weight excluding hydrogens is 144 g/mol. The first-order chi connectivity index (χ1) is 6.00. The third kappa shape index (κ3) is 4.95. The predicted molar refractivity (Wildman–Crippen MR) is 54.8 cm³/mol. The molecule has 12 heavy (non-hydrogen) atoms. The Morgan fingerprint density at radius 2 is 1.33 bits per heavy atom. The third-order valence-corrected chi connectivity index (χ3v) is 1.96. The smallest absolute Gasteiger partial charge is 0.00473 e. The average molecular weight is 161 g/mol. The minimum atomic E-state index is 1.23. The van der Waals surface area contributed by atoms with Gasteiger partial charge in [0.15, 0.2) is 0 Å². The molecule has 0 aliphatic heterocycles. The monoisotopic (exact) mass is 161 g/mol. The van der Waals surface area contributed by atoms with Gasteiger partial charge in [0.2, 0.25) is 0 Å². The standard InChI is InChI=1S/C12H17/c1-2-4-6-8-10-12-11-9-7-5-3-1/h1-7H,8-12H2/b2-1+,6-4-,7-5-. The van der Waals surface area contributed by atoms with Gasteiger partial charge in [0, 0.05) is 6.42 Å². The quantitative estimate of drug-likeness (QED) is 0.506. The molecule has 0 fully saturated rings. The summed E-state index contributed by atoms with van der Waals surface area (Å²) in [5, 5.41) is 0. The molecule has 0 amide bonds. The van der Waals surface area contributed by atoms with Crippen LogP contribution in [0.5, 0.6) is 0 Å². The molecule has 0 saturated carbocycles. The van der Waals surface area contributed by atoms with E-state index in [9.17, 15) is 0 Å². The van der Waals surface area contributed by atoms with Gasteiger partial charge in [0.1, 0.15) is 0 Å². The minimum absolute atomic E-state index is 1.23. The van der Waals surface area contributed by atoms with Crippen LogP contribution < -0.4 is 0 Å². The molecule has 65 valence electrons. The molecule has 0 bridgehead atoms. The van der Waals surface area contributed by atoms with Crippen LogP contribution in [0.2, 0.25) is 0 Å². The molecule has 0 N–H and O–H groups in total. The number of hydrogen-bond donors (Lipinski definition) is 0. The second-order valence-corrected chi connectivity index (χ2v) is 3.07. The lowest BCUT2D eigenvalue weighted by molar-refractivity contribution is 0.696. The Bertz CT molecular complexity index is 172. The van der Waals surface area contributed by atoms with Crippen LogP contribution in [-0.2, 0) is 0 Å². The molecule has 0 heteroatoms. The second kappa shape index (κ2) is 6.90. The van der Waals surface area contributed by atoms with Crippen LogP contribution in [0.1, 0.15) is 32.1 Å². The van der Waals surface area contributed by atoms with Crippen LogP contribution in [0, 0.1) is 6.42 Å². The summed E-state index contributed by atoms with van der Waals surface area (Å²) in [7, 11) is 0. The van der Waals surface area contributed by atoms with Crippen molar-refractivity contribution in [2.24, 2.45) is 0 Å². The van der Waals surface area contributed by atoms with Gasteiger partial charge in [-0.25, -0.2) is 0 Å². The van der Waals surface area contributed by atoms with Crippen LogP contribution in [0.25, 0.3) is 0 Å². The molecular formula is C12H17. The molecule has 0 nitrogen and oxygen atoms in total. The van der Waals surface area contributed by atoms with Crippen LogP contribution in [-0.4, -0.2) is 0 Å². The first-order valence-electron chi connectivity index (χ1n) is 4.82. The minimum Gasteiger partial charge on any atom is -0.0879 e. The van der Waals surface area contributed by atoms with Gasteiger partial charge < -0.3 is 0 Å².